The zero-order chi connectivity index (χ0) is 14.7. The van der Waals surface area contributed by atoms with Crippen LogP contribution in [0.15, 0.2) is 0 Å². The Bertz CT molecular complexity index is 120. The van der Waals surface area contributed by atoms with Gasteiger partial charge in [-0.25, -0.2) is 0 Å². The Morgan fingerprint density at radius 1 is 0.765 bits per heavy atom. The van der Waals surface area contributed by atoms with Gasteiger partial charge < -0.3 is 19.2 Å². The summed E-state index contributed by atoms with van der Waals surface area (Å²) in [5, 5.41) is 4.33. The smallest absolute Gasteiger partial charge is 0.159 e. The first kappa shape index (κ1) is 27.3. The van der Waals surface area contributed by atoms with E-state index in [1.807, 2.05) is 0 Å². The minimum atomic E-state index is -5.39. The van der Waals surface area contributed by atoms with Gasteiger partial charge in [0.05, 0.1) is 0 Å². The third-order valence-corrected chi connectivity index (χ3v) is 5.51. The number of hydrogen-bond acceptors (Lipinski definition) is 4. The van der Waals surface area contributed by atoms with Crippen LogP contribution in [0.2, 0.25) is 15.0 Å². The average molecular weight is 420 g/mol. The summed E-state index contributed by atoms with van der Waals surface area (Å²) in [5.74, 6) is 0. The summed E-state index contributed by atoms with van der Waals surface area (Å²) in [6.45, 7) is 6.64. The molecular formula is C9H21O4PZn3. The fourth-order valence-corrected chi connectivity index (χ4v) is 0. The molecular weight excluding hydrogens is 399 g/mol. The van der Waals surface area contributed by atoms with E-state index in [1.165, 1.54) is 89.2 Å². The molecule has 0 fully saturated rings. The molecule has 0 saturated heterocycles. The molecule has 0 aromatic rings. The van der Waals surface area contributed by atoms with Crippen molar-refractivity contribution >= 4 is 7.82 Å². The Kier molecular flexibility index (Phi) is 42.7. The molecule has 0 aliphatic rings. The maximum atomic E-state index is 8.55. The third kappa shape index (κ3) is 185. The van der Waals surface area contributed by atoms with E-state index in [1.54, 1.807) is 0 Å². The molecule has 8 heteroatoms. The van der Waals surface area contributed by atoms with Crippen LogP contribution in [0, 0.1) is 0 Å². The molecule has 0 radical (unpaired) electrons. The van der Waals surface area contributed by atoms with Gasteiger partial charge in [-0.05, 0) is 0 Å². The first-order valence-electron chi connectivity index (χ1n) is 5.85. The molecule has 0 heterocycles. The fourth-order valence-electron chi connectivity index (χ4n) is 0. The van der Waals surface area contributed by atoms with E-state index in [0.717, 1.165) is 0 Å². The van der Waals surface area contributed by atoms with Gasteiger partial charge in [0, 0.05) is 0 Å². The van der Waals surface area contributed by atoms with Gasteiger partial charge in [-0.3, -0.25) is 0 Å². The largest absolute Gasteiger partial charge is 0.822 e. The van der Waals surface area contributed by atoms with Crippen LogP contribution in [0.4, 0.5) is 0 Å². The Hall–Kier alpha value is 1.98. The van der Waals surface area contributed by atoms with Gasteiger partial charge in [0.2, 0.25) is 0 Å². The standard InChI is InChI=1S/3C3H7.H3O4P.3Zn/c3*1-3-2;1-5(2,3)4;;;/h3*1,3H2,2H3;(H3,1,2,3,4);;;/q;;;;3*+1/p-3. The summed E-state index contributed by atoms with van der Waals surface area (Å²) in [4.78, 5) is 25.6. The zero-order valence-corrected chi connectivity index (χ0v) is 21.2. The summed E-state index contributed by atoms with van der Waals surface area (Å²) < 4.78 is 8.55. The molecule has 0 aliphatic heterocycles. The zero-order valence-electron chi connectivity index (χ0n) is 11.4. The molecule has 0 rings (SSSR count). The number of rotatable bonds is 3. The Morgan fingerprint density at radius 3 is 0.824 bits per heavy atom. The van der Waals surface area contributed by atoms with Crippen molar-refractivity contribution in [3.63, 3.8) is 0 Å². The molecule has 17 heavy (non-hydrogen) atoms. The maximum absolute atomic E-state index is 8.55. The van der Waals surface area contributed by atoms with Crippen LogP contribution < -0.4 is 14.7 Å². The monoisotopic (exact) mass is 416 g/mol. The summed E-state index contributed by atoms with van der Waals surface area (Å²) in [7, 11) is -5.39. The minimum Gasteiger partial charge on any atom is -0.822 e. The van der Waals surface area contributed by atoms with Crippen molar-refractivity contribution in [3.8, 4) is 0 Å². The van der Waals surface area contributed by atoms with Crippen molar-refractivity contribution in [1.29, 1.82) is 0 Å². The molecule has 0 unspecified atom stereocenters. The normalized spacial score (nSPS) is 8.94. The quantitative estimate of drug-likeness (QED) is 0.508. The molecule has 0 aliphatic carbocycles. The van der Waals surface area contributed by atoms with Crippen LogP contribution in [-0.4, -0.2) is 0 Å². The number of hydrogen-bond donors (Lipinski definition) is 0. The average Bonchev–Trinajstić information content (AvgIpc) is 2.27. The topological polar surface area (TPSA) is 86.2 Å². The first-order valence-corrected chi connectivity index (χ1v) is 13.6. The van der Waals surface area contributed by atoms with E-state index in [2.05, 4.69) is 20.8 Å². The third-order valence-electron chi connectivity index (χ3n) is 1.06. The van der Waals surface area contributed by atoms with Crippen molar-refractivity contribution in [2.45, 2.75) is 55.1 Å². The molecule has 0 aromatic heterocycles. The molecule has 0 saturated carbocycles. The van der Waals surface area contributed by atoms with E-state index in [0.29, 0.717) is 0 Å². The molecule has 0 atom stereocenters. The second kappa shape index (κ2) is 26.5. The van der Waals surface area contributed by atoms with Gasteiger partial charge in [-0.2, -0.15) is 7.82 Å². The fraction of sp³-hybridized carbons (Fsp3) is 1.00. The van der Waals surface area contributed by atoms with E-state index >= 15 is 0 Å². The Morgan fingerprint density at radius 2 is 0.824 bits per heavy atom. The van der Waals surface area contributed by atoms with Gasteiger partial charge in [-0.1, -0.05) is 0 Å². The predicted molar refractivity (Wildman–Crippen MR) is 52.9 cm³/mol. The van der Waals surface area contributed by atoms with Gasteiger partial charge >= 0.3 is 110 Å². The molecule has 0 bridgehead atoms. The SMILES string of the molecule is CC[CH2][Zn+].CC[CH2][Zn+].CC[CH2][Zn+].O=P([O-])([O-])[O-]. The molecule has 4 nitrogen and oxygen atoms in total. The van der Waals surface area contributed by atoms with E-state index in [-0.39, 0.29) is 0 Å². The van der Waals surface area contributed by atoms with Crippen LogP contribution in [0.3, 0.4) is 0 Å². The second-order valence-electron chi connectivity index (χ2n) is 3.01. The van der Waals surface area contributed by atoms with Crippen LogP contribution in [0.5, 0.6) is 0 Å². The van der Waals surface area contributed by atoms with E-state index in [4.69, 9.17) is 19.2 Å². The maximum Gasteiger partial charge on any atom is -0.159 e. The molecule has 0 spiro atoms. The van der Waals surface area contributed by atoms with Crippen molar-refractivity contribution in [3.05, 3.63) is 0 Å². The van der Waals surface area contributed by atoms with Gasteiger partial charge in [0.15, 0.2) is 0 Å². The van der Waals surface area contributed by atoms with Crippen molar-refractivity contribution in [2.75, 3.05) is 0 Å². The second-order valence-corrected chi connectivity index (χ2v) is 8.35. The van der Waals surface area contributed by atoms with Crippen molar-refractivity contribution in [1.82, 2.24) is 0 Å². The minimum absolute atomic E-state index is 1.38. The molecule has 0 N–H and O–H groups in total. The van der Waals surface area contributed by atoms with Gasteiger partial charge in [0.1, 0.15) is 0 Å². The van der Waals surface area contributed by atoms with E-state index in [9.17, 15) is 0 Å². The van der Waals surface area contributed by atoms with Crippen molar-refractivity contribution < 1.29 is 74.2 Å². The van der Waals surface area contributed by atoms with Crippen LogP contribution >= 0.6 is 7.82 Å². The van der Waals surface area contributed by atoms with E-state index < -0.39 is 7.82 Å². The summed E-state index contributed by atoms with van der Waals surface area (Å²) in [6.07, 6.45) is 4.12. The van der Waals surface area contributed by atoms with Gasteiger partial charge in [0.25, 0.3) is 0 Å². The van der Waals surface area contributed by atoms with Crippen LogP contribution in [0.25, 0.3) is 0 Å². The number of phosphoric acid groups is 1. The van der Waals surface area contributed by atoms with Crippen molar-refractivity contribution in [2.24, 2.45) is 0 Å². The van der Waals surface area contributed by atoms with Crippen LogP contribution in [0.1, 0.15) is 40.0 Å². The summed E-state index contributed by atoms with van der Waals surface area (Å²) >= 11 is 4.41. The first-order chi connectivity index (χ1) is 7.74. The Labute approximate surface area is 136 Å². The molecule has 0 aromatic carbocycles. The molecule has 0 amide bonds. The summed E-state index contributed by atoms with van der Waals surface area (Å²) in [6, 6.07) is 0. The summed E-state index contributed by atoms with van der Waals surface area (Å²) in [5.41, 5.74) is 0. The van der Waals surface area contributed by atoms with Crippen LogP contribution in [-0.2, 0) is 59.5 Å². The Balaban J connectivity index is -0.0000000667. The predicted octanol–water partition coefficient (Wildman–Crippen LogP) is 1.26. The van der Waals surface area contributed by atoms with Gasteiger partial charge in [-0.15, -0.1) is 0 Å². The molecule has 92 valence electrons.